The number of hydrogen-bond acceptors (Lipinski definition) is 4. The van der Waals surface area contributed by atoms with Crippen molar-refractivity contribution in [3.05, 3.63) is 105 Å². The number of rotatable bonds is 8. The van der Waals surface area contributed by atoms with E-state index in [1.165, 1.54) is 16.0 Å². The Hall–Kier alpha value is -3.29. The molecule has 1 aliphatic heterocycles. The molecular weight excluding hydrogens is 548 g/mol. The van der Waals surface area contributed by atoms with Crippen LogP contribution in [0.2, 0.25) is 0 Å². The molecule has 0 spiro atoms. The molecule has 0 aliphatic carbocycles. The molecule has 4 aromatic rings. The molecule has 1 saturated heterocycles. The summed E-state index contributed by atoms with van der Waals surface area (Å²) in [7, 11) is 0. The van der Waals surface area contributed by atoms with E-state index in [1.54, 1.807) is 0 Å². The van der Waals surface area contributed by atoms with Crippen LogP contribution in [0.4, 0.5) is 4.79 Å². The van der Waals surface area contributed by atoms with Crippen LogP contribution in [0.5, 0.6) is 5.75 Å². The largest absolute Gasteiger partial charge is 0.492 e. The Labute approximate surface area is 229 Å². The van der Waals surface area contributed by atoms with Crippen LogP contribution in [0, 0.1) is 13.8 Å². The summed E-state index contributed by atoms with van der Waals surface area (Å²) in [5, 5.41) is 0.788. The predicted octanol–water partition coefficient (Wildman–Crippen LogP) is 7.38. The summed E-state index contributed by atoms with van der Waals surface area (Å²) < 4.78 is 9.10. The molecule has 0 N–H and O–H groups in total. The van der Waals surface area contributed by atoms with Gasteiger partial charge in [0.1, 0.15) is 12.4 Å². The maximum absolute atomic E-state index is 13.1. The van der Waals surface area contributed by atoms with E-state index in [9.17, 15) is 9.59 Å². The summed E-state index contributed by atoms with van der Waals surface area (Å²) in [4.78, 5) is 27.6. The number of imide groups is 1. The molecule has 0 unspecified atom stereocenters. The summed E-state index contributed by atoms with van der Waals surface area (Å²) in [6, 6.07) is 22.1. The Bertz CT molecular complexity index is 1510. The molecule has 5 rings (SSSR count). The average molecular weight is 576 g/mol. The fraction of sp³-hybridized carbons (Fsp3) is 0.200. The van der Waals surface area contributed by atoms with E-state index in [0.29, 0.717) is 31.0 Å². The minimum atomic E-state index is -0.236. The highest BCUT2D eigenvalue weighted by atomic mass is 79.9. The molecule has 0 radical (unpaired) electrons. The van der Waals surface area contributed by atoms with Gasteiger partial charge in [-0.2, -0.15) is 0 Å². The van der Waals surface area contributed by atoms with Gasteiger partial charge in [-0.25, -0.2) is 0 Å². The molecule has 37 heavy (non-hydrogen) atoms. The Morgan fingerprint density at radius 3 is 2.54 bits per heavy atom. The molecule has 1 aromatic heterocycles. The van der Waals surface area contributed by atoms with Crippen molar-refractivity contribution in [1.29, 1.82) is 0 Å². The summed E-state index contributed by atoms with van der Waals surface area (Å²) in [6.45, 7) is 5.70. The number of benzene rings is 3. The Kier molecular flexibility index (Phi) is 7.53. The Morgan fingerprint density at radius 2 is 1.76 bits per heavy atom. The maximum atomic E-state index is 13.1. The number of ether oxygens (including phenoxy) is 1. The number of thioether (sulfide) groups is 1. The van der Waals surface area contributed by atoms with E-state index in [4.69, 9.17) is 4.74 Å². The van der Waals surface area contributed by atoms with Crippen LogP contribution in [0.15, 0.2) is 82.3 Å². The lowest BCUT2D eigenvalue weighted by Gasteiger charge is -2.12. The van der Waals surface area contributed by atoms with Crippen LogP contribution in [0.3, 0.4) is 0 Å². The standard InChI is InChI=1S/C30H27BrN2O3S/c1-20-8-10-25(16-21(20)2)36-15-14-32-19-23(26-18-24(31)9-11-27(26)32)17-28-29(34)33(30(35)37-28)13-12-22-6-4-3-5-7-22/h3-11,16-19H,12-15H2,1-2H3/b28-17-. The normalized spacial score (nSPS) is 14.8. The van der Waals surface area contributed by atoms with E-state index < -0.39 is 0 Å². The highest BCUT2D eigenvalue weighted by Crippen LogP contribution is 2.35. The van der Waals surface area contributed by atoms with Gasteiger partial charge in [0.15, 0.2) is 0 Å². The number of amides is 2. The van der Waals surface area contributed by atoms with E-state index >= 15 is 0 Å². The van der Waals surface area contributed by atoms with E-state index in [0.717, 1.165) is 44.0 Å². The number of aromatic nitrogens is 1. The zero-order valence-electron chi connectivity index (χ0n) is 20.7. The van der Waals surface area contributed by atoms with E-state index in [1.807, 2.05) is 60.8 Å². The molecule has 7 heteroatoms. The van der Waals surface area contributed by atoms with Gasteiger partial charge in [0.05, 0.1) is 11.4 Å². The second kappa shape index (κ2) is 11.0. The zero-order chi connectivity index (χ0) is 25.9. The van der Waals surface area contributed by atoms with Gasteiger partial charge in [0.25, 0.3) is 11.1 Å². The molecule has 188 valence electrons. The summed E-state index contributed by atoms with van der Waals surface area (Å²) >= 11 is 4.57. The van der Waals surface area contributed by atoms with Crippen LogP contribution in [-0.2, 0) is 17.8 Å². The fourth-order valence-electron chi connectivity index (χ4n) is 4.38. The molecule has 1 fully saturated rings. The quantitative estimate of drug-likeness (QED) is 0.206. The first-order chi connectivity index (χ1) is 17.9. The van der Waals surface area contributed by atoms with Gasteiger partial charge in [0.2, 0.25) is 0 Å². The Balaban J connectivity index is 1.34. The van der Waals surface area contributed by atoms with Crippen molar-refractivity contribution in [2.75, 3.05) is 13.2 Å². The molecule has 0 saturated carbocycles. The highest BCUT2D eigenvalue weighted by Gasteiger charge is 2.34. The van der Waals surface area contributed by atoms with Crippen molar-refractivity contribution in [2.24, 2.45) is 0 Å². The van der Waals surface area contributed by atoms with Crippen molar-refractivity contribution in [1.82, 2.24) is 9.47 Å². The van der Waals surface area contributed by atoms with Gasteiger partial charge in [-0.05, 0) is 85.1 Å². The number of nitrogens with zero attached hydrogens (tertiary/aromatic N) is 2. The van der Waals surface area contributed by atoms with Crippen LogP contribution in [0.1, 0.15) is 22.3 Å². The number of aryl methyl sites for hydroxylation is 2. The molecule has 2 amide bonds. The average Bonchev–Trinajstić information content (AvgIpc) is 3.36. The first kappa shape index (κ1) is 25.4. The fourth-order valence-corrected chi connectivity index (χ4v) is 5.60. The van der Waals surface area contributed by atoms with Crippen LogP contribution >= 0.6 is 27.7 Å². The van der Waals surface area contributed by atoms with E-state index in [2.05, 4.69) is 52.5 Å². The maximum Gasteiger partial charge on any atom is 0.293 e. The topological polar surface area (TPSA) is 51.5 Å². The summed E-state index contributed by atoms with van der Waals surface area (Å²) in [5.74, 6) is 0.617. The van der Waals surface area contributed by atoms with Gasteiger partial charge in [-0.3, -0.25) is 14.5 Å². The van der Waals surface area contributed by atoms with E-state index in [-0.39, 0.29) is 11.1 Å². The predicted molar refractivity (Wildman–Crippen MR) is 154 cm³/mol. The zero-order valence-corrected chi connectivity index (χ0v) is 23.1. The summed E-state index contributed by atoms with van der Waals surface area (Å²) in [5.41, 5.74) is 5.48. The summed E-state index contributed by atoms with van der Waals surface area (Å²) in [6.07, 6.45) is 4.50. The molecule has 2 heterocycles. The minimum absolute atomic E-state index is 0.223. The number of halogens is 1. The number of carbonyl (C=O) groups excluding carboxylic acids is 2. The first-order valence-electron chi connectivity index (χ1n) is 12.2. The molecule has 0 atom stereocenters. The monoisotopic (exact) mass is 574 g/mol. The van der Waals surface area contributed by atoms with Crippen molar-refractivity contribution in [2.45, 2.75) is 26.8 Å². The van der Waals surface area contributed by atoms with Crippen LogP contribution in [-0.4, -0.2) is 33.8 Å². The number of carbonyl (C=O) groups is 2. The highest BCUT2D eigenvalue weighted by molar-refractivity contribution is 9.10. The third kappa shape index (κ3) is 5.68. The third-order valence-corrected chi connectivity index (χ3v) is 7.98. The number of hydrogen-bond donors (Lipinski definition) is 0. The van der Waals surface area contributed by atoms with Crippen molar-refractivity contribution in [3.8, 4) is 5.75 Å². The molecular formula is C30H27BrN2O3S. The van der Waals surface area contributed by atoms with Crippen LogP contribution in [0.25, 0.3) is 17.0 Å². The second-order valence-corrected chi connectivity index (χ2v) is 11.0. The van der Waals surface area contributed by atoms with Crippen molar-refractivity contribution < 1.29 is 14.3 Å². The van der Waals surface area contributed by atoms with Gasteiger partial charge in [-0.1, -0.05) is 52.3 Å². The first-order valence-corrected chi connectivity index (χ1v) is 13.8. The van der Waals surface area contributed by atoms with Gasteiger partial charge < -0.3 is 9.30 Å². The lowest BCUT2D eigenvalue weighted by atomic mass is 10.1. The molecule has 0 bridgehead atoms. The number of fused-ring (bicyclic) bond motifs is 1. The lowest BCUT2D eigenvalue weighted by Crippen LogP contribution is -2.30. The SMILES string of the molecule is Cc1ccc(OCCn2cc(/C=C3\SC(=O)N(CCc4ccccc4)C3=O)c3cc(Br)ccc32)cc1C. The minimum Gasteiger partial charge on any atom is -0.492 e. The van der Waals surface area contributed by atoms with Gasteiger partial charge >= 0.3 is 0 Å². The second-order valence-electron chi connectivity index (χ2n) is 9.10. The smallest absolute Gasteiger partial charge is 0.293 e. The third-order valence-electron chi connectivity index (χ3n) is 6.58. The van der Waals surface area contributed by atoms with Crippen molar-refractivity contribution in [3.63, 3.8) is 0 Å². The van der Waals surface area contributed by atoms with Crippen LogP contribution < -0.4 is 4.74 Å². The van der Waals surface area contributed by atoms with Gasteiger partial charge in [0, 0.05) is 33.7 Å². The van der Waals surface area contributed by atoms with Gasteiger partial charge in [-0.15, -0.1) is 0 Å². The molecule has 3 aromatic carbocycles. The molecule has 1 aliphatic rings. The Morgan fingerprint density at radius 1 is 0.946 bits per heavy atom. The molecule has 5 nitrogen and oxygen atoms in total. The van der Waals surface area contributed by atoms with Crippen molar-refractivity contribution >= 4 is 55.8 Å². The lowest BCUT2D eigenvalue weighted by molar-refractivity contribution is -0.122.